The van der Waals surface area contributed by atoms with E-state index in [0.717, 1.165) is 5.56 Å². The van der Waals surface area contributed by atoms with Crippen molar-refractivity contribution < 1.29 is 0 Å². The van der Waals surface area contributed by atoms with E-state index >= 15 is 0 Å². The van der Waals surface area contributed by atoms with Crippen LogP contribution in [0.5, 0.6) is 0 Å². The lowest BCUT2D eigenvalue weighted by molar-refractivity contribution is 1.06. The molecule has 0 fully saturated rings. The van der Waals surface area contributed by atoms with E-state index in [1.165, 1.54) is 6.33 Å². The summed E-state index contributed by atoms with van der Waals surface area (Å²) in [6, 6.07) is 0. The summed E-state index contributed by atoms with van der Waals surface area (Å²) in [6.45, 7) is 0.240. The van der Waals surface area contributed by atoms with Crippen LogP contribution in [0, 0.1) is 0 Å². The first-order valence-electron chi connectivity index (χ1n) is 3.80. The van der Waals surface area contributed by atoms with Gasteiger partial charge in [-0.05, 0) is 11.1 Å². The standard InChI is InChI=1S/C7H5ClN6/c8-6-5-4(2-13-14-9)1-10-7(5)12-3-11-6/h1,3H,2H2,(H,10,11,12). The molecule has 0 aliphatic rings. The van der Waals surface area contributed by atoms with Crippen molar-refractivity contribution in [3.05, 3.63) is 33.7 Å². The Labute approximate surface area is 83.6 Å². The number of rotatable bonds is 2. The second kappa shape index (κ2) is 3.53. The molecule has 0 bridgehead atoms. The number of aromatic amines is 1. The molecule has 2 aromatic heterocycles. The fourth-order valence-electron chi connectivity index (χ4n) is 1.22. The molecule has 0 saturated heterocycles. The molecular weight excluding hydrogens is 204 g/mol. The highest BCUT2D eigenvalue weighted by Crippen LogP contribution is 2.23. The number of hydrogen-bond acceptors (Lipinski definition) is 3. The second-order valence-corrected chi connectivity index (χ2v) is 2.95. The minimum Gasteiger partial charge on any atom is -0.346 e. The summed E-state index contributed by atoms with van der Waals surface area (Å²) in [6.07, 6.45) is 3.08. The summed E-state index contributed by atoms with van der Waals surface area (Å²) in [5, 5.41) is 4.52. The highest BCUT2D eigenvalue weighted by Gasteiger charge is 2.07. The van der Waals surface area contributed by atoms with E-state index in [9.17, 15) is 0 Å². The quantitative estimate of drug-likeness (QED) is 0.355. The molecule has 0 radical (unpaired) electrons. The van der Waals surface area contributed by atoms with Gasteiger partial charge in [-0.3, -0.25) is 0 Å². The Balaban J connectivity index is 2.60. The van der Waals surface area contributed by atoms with E-state index in [1.807, 2.05) is 0 Å². The molecule has 0 unspecified atom stereocenters. The maximum Gasteiger partial charge on any atom is 0.142 e. The number of fused-ring (bicyclic) bond motifs is 1. The molecule has 2 heterocycles. The van der Waals surface area contributed by atoms with Gasteiger partial charge in [0.1, 0.15) is 17.1 Å². The maximum absolute atomic E-state index is 8.19. The SMILES string of the molecule is [N-]=[N+]=NCc1c[nH]c2ncnc(Cl)c12. The van der Waals surface area contributed by atoms with Gasteiger partial charge in [-0.25, -0.2) is 9.97 Å². The maximum atomic E-state index is 8.19. The summed E-state index contributed by atoms with van der Waals surface area (Å²) in [4.78, 5) is 13.4. The zero-order valence-electron chi connectivity index (χ0n) is 6.98. The van der Waals surface area contributed by atoms with Crippen LogP contribution < -0.4 is 0 Å². The van der Waals surface area contributed by atoms with Gasteiger partial charge in [-0.2, -0.15) is 0 Å². The molecule has 2 aromatic rings. The van der Waals surface area contributed by atoms with Crippen molar-refractivity contribution in [3.63, 3.8) is 0 Å². The third kappa shape index (κ3) is 1.37. The lowest BCUT2D eigenvalue weighted by atomic mass is 10.2. The molecule has 14 heavy (non-hydrogen) atoms. The fraction of sp³-hybridized carbons (Fsp3) is 0.143. The van der Waals surface area contributed by atoms with Crippen molar-refractivity contribution in [2.45, 2.75) is 6.54 Å². The van der Waals surface area contributed by atoms with E-state index < -0.39 is 0 Å². The van der Waals surface area contributed by atoms with Crippen LogP contribution in [0.3, 0.4) is 0 Å². The number of nitrogens with one attached hydrogen (secondary N) is 1. The molecule has 0 saturated carbocycles. The van der Waals surface area contributed by atoms with Gasteiger partial charge in [-0.15, -0.1) is 0 Å². The third-order valence-electron chi connectivity index (χ3n) is 1.81. The summed E-state index contributed by atoms with van der Waals surface area (Å²) >= 11 is 5.88. The molecular formula is C7H5ClN6. The van der Waals surface area contributed by atoms with Crippen molar-refractivity contribution in [2.24, 2.45) is 5.11 Å². The van der Waals surface area contributed by atoms with Crippen LogP contribution in [-0.2, 0) is 6.54 Å². The summed E-state index contributed by atoms with van der Waals surface area (Å²) in [7, 11) is 0. The molecule has 6 nitrogen and oxygen atoms in total. The third-order valence-corrected chi connectivity index (χ3v) is 2.10. The van der Waals surface area contributed by atoms with Crippen LogP contribution in [0.25, 0.3) is 21.5 Å². The van der Waals surface area contributed by atoms with Crippen LogP contribution in [0.4, 0.5) is 0 Å². The van der Waals surface area contributed by atoms with Gasteiger partial charge in [0, 0.05) is 11.1 Å². The van der Waals surface area contributed by atoms with Gasteiger partial charge < -0.3 is 4.98 Å². The second-order valence-electron chi connectivity index (χ2n) is 2.59. The molecule has 0 aliphatic carbocycles. The Morgan fingerprint density at radius 1 is 1.57 bits per heavy atom. The number of nitrogens with zero attached hydrogens (tertiary/aromatic N) is 5. The van der Waals surface area contributed by atoms with Crippen LogP contribution in [0.2, 0.25) is 5.15 Å². The van der Waals surface area contributed by atoms with E-state index in [1.54, 1.807) is 6.20 Å². The van der Waals surface area contributed by atoms with Crippen LogP contribution in [0.15, 0.2) is 17.6 Å². The van der Waals surface area contributed by atoms with Gasteiger partial charge in [0.25, 0.3) is 0 Å². The predicted octanol–water partition coefficient (Wildman–Crippen LogP) is 2.42. The number of aromatic nitrogens is 3. The first-order valence-corrected chi connectivity index (χ1v) is 4.18. The lowest BCUT2D eigenvalue weighted by Crippen LogP contribution is -1.83. The molecule has 0 atom stereocenters. The minimum atomic E-state index is 0.240. The van der Waals surface area contributed by atoms with Gasteiger partial charge in [-0.1, -0.05) is 16.7 Å². The van der Waals surface area contributed by atoms with E-state index in [2.05, 4.69) is 25.0 Å². The molecule has 1 N–H and O–H groups in total. The zero-order chi connectivity index (χ0) is 9.97. The lowest BCUT2D eigenvalue weighted by Gasteiger charge is -1.94. The van der Waals surface area contributed by atoms with Crippen molar-refractivity contribution in [3.8, 4) is 0 Å². The summed E-state index contributed by atoms with van der Waals surface area (Å²) in [5.74, 6) is 0. The van der Waals surface area contributed by atoms with E-state index in [4.69, 9.17) is 17.1 Å². The molecule has 0 aromatic carbocycles. The van der Waals surface area contributed by atoms with Crippen LogP contribution in [0.1, 0.15) is 5.56 Å². The van der Waals surface area contributed by atoms with E-state index in [-0.39, 0.29) is 6.54 Å². The van der Waals surface area contributed by atoms with Gasteiger partial charge in [0.15, 0.2) is 0 Å². The predicted molar refractivity (Wildman–Crippen MR) is 51.7 cm³/mol. The smallest absolute Gasteiger partial charge is 0.142 e. The highest BCUT2D eigenvalue weighted by molar-refractivity contribution is 6.34. The van der Waals surface area contributed by atoms with Gasteiger partial charge in [0.2, 0.25) is 0 Å². The Bertz CT molecular complexity index is 512. The van der Waals surface area contributed by atoms with Crippen LogP contribution >= 0.6 is 11.6 Å². The first-order chi connectivity index (χ1) is 6.83. The highest BCUT2D eigenvalue weighted by atomic mass is 35.5. The molecule has 0 aliphatic heterocycles. The normalized spacial score (nSPS) is 10.1. The first kappa shape index (κ1) is 8.80. The number of H-pyrrole nitrogens is 1. The Kier molecular flexibility index (Phi) is 2.22. The average molecular weight is 209 g/mol. The van der Waals surface area contributed by atoms with Crippen molar-refractivity contribution in [2.75, 3.05) is 0 Å². The monoisotopic (exact) mass is 208 g/mol. The number of azide groups is 1. The van der Waals surface area contributed by atoms with Crippen LogP contribution in [-0.4, -0.2) is 15.0 Å². The van der Waals surface area contributed by atoms with Crippen molar-refractivity contribution in [1.82, 2.24) is 15.0 Å². The summed E-state index contributed by atoms with van der Waals surface area (Å²) in [5.41, 5.74) is 9.63. The Morgan fingerprint density at radius 2 is 2.43 bits per heavy atom. The number of hydrogen-bond donors (Lipinski definition) is 1. The fourth-order valence-corrected chi connectivity index (χ4v) is 1.47. The average Bonchev–Trinajstić information content (AvgIpc) is 2.59. The van der Waals surface area contributed by atoms with Gasteiger partial charge >= 0.3 is 0 Å². The summed E-state index contributed by atoms with van der Waals surface area (Å²) < 4.78 is 0. The number of halogens is 1. The topological polar surface area (TPSA) is 90.3 Å². The van der Waals surface area contributed by atoms with Crippen molar-refractivity contribution in [1.29, 1.82) is 0 Å². The molecule has 0 amide bonds. The van der Waals surface area contributed by atoms with Crippen molar-refractivity contribution >= 4 is 22.6 Å². The van der Waals surface area contributed by atoms with Gasteiger partial charge in [0.05, 0.1) is 11.9 Å². The molecule has 7 heteroatoms. The molecule has 2 rings (SSSR count). The largest absolute Gasteiger partial charge is 0.346 e. The Hall–Kier alpha value is -1.78. The minimum absolute atomic E-state index is 0.240. The zero-order valence-corrected chi connectivity index (χ0v) is 7.73. The molecule has 0 spiro atoms. The Morgan fingerprint density at radius 3 is 3.21 bits per heavy atom. The molecule has 70 valence electrons. The van der Waals surface area contributed by atoms with E-state index in [0.29, 0.717) is 16.2 Å².